The van der Waals surface area contributed by atoms with Gasteiger partial charge < -0.3 is 5.73 Å². The summed E-state index contributed by atoms with van der Waals surface area (Å²) in [6, 6.07) is 5.24. The molecule has 2 N–H and O–H groups in total. The summed E-state index contributed by atoms with van der Waals surface area (Å²) in [6.07, 6.45) is 0.650. The first-order valence-corrected chi connectivity index (χ1v) is 8.87. The van der Waals surface area contributed by atoms with Crippen LogP contribution in [-0.4, -0.2) is 32.4 Å². The van der Waals surface area contributed by atoms with Crippen molar-refractivity contribution in [2.24, 2.45) is 11.7 Å². The van der Waals surface area contributed by atoms with Crippen molar-refractivity contribution in [2.75, 3.05) is 13.6 Å². The van der Waals surface area contributed by atoms with E-state index in [9.17, 15) is 8.42 Å². The quantitative estimate of drug-likeness (QED) is 0.799. The van der Waals surface area contributed by atoms with Crippen LogP contribution >= 0.6 is 28.3 Å². The summed E-state index contributed by atoms with van der Waals surface area (Å²) < 4.78 is 27.0. The SMILES string of the molecule is Cc1ccc(S(=O)(=O)N(C)CCC(N)C(C)C)c(Br)c1.Cl. The molecule has 1 atom stereocenters. The number of aryl methyl sites for hydroxylation is 1. The van der Waals surface area contributed by atoms with Gasteiger partial charge >= 0.3 is 0 Å². The van der Waals surface area contributed by atoms with Crippen molar-refractivity contribution in [1.29, 1.82) is 0 Å². The third kappa shape index (κ3) is 5.53. The van der Waals surface area contributed by atoms with Crippen LogP contribution in [0.4, 0.5) is 0 Å². The van der Waals surface area contributed by atoms with Crippen LogP contribution in [0, 0.1) is 12.8 Å². The Hall–Kier alpha value is -0.140. The summed E-state index contributed by atoms with van der Waals surface area (Å²) >= 11 is 3.32. The molecule has 7 heteroatoms. The molecule has 0 heterocycles. The highest BCUT2D eigenvalue weighted by Crippen LogP contribution is 2.25. The normalized spacial score (nSPS) is 13.3. The van der Waals surface area contributed by atoms with Gasteiger partial charge in [-0.3, -0.25) is 0 Å². The van der Waals surface area contributed by atoms with E-state index in [4.69, 9.17) is 5.73 Å². The Morgan fingerprint density at radius 1 is 1.33 bits per heavy atom. The zero-order chi connectivity index (χ0) is 15.5. The number of hydrogen-bond donors (Lipinski definition) is 1. The van der Waals surface area contributed by atoms with Gasteiger partial charge in [0.25, 0.3) is 0 Å². The monoisotopic (exact) mass is 398 g/mol. The minimum absolute atomic E-state index is 0. The van der Waals surface area contributed by atoms with Crippen molar-refractivity contribution in [2.45, 2.75) is 38.1 Å². The van der Waals surface area contributed by atoms with Crippen molar-refractivity contribution in [3.8, 4) is 0 Å². The summed E-state index contributed by atoms with van der Waals surface area (Å²) in [6.45, 7) is 6.42. The number of rotatable bonds is 6. The molecule has 0 saturated carbocycles. The first-order valence-electron chi connectivity index (χ1n) is 6.64. The zero-order valence-corrected chi connectivity index (χ0v) is 16.1. The molecule has 0 amide bonds. The van der Waals surface area contributed by atoms with Gasteiger partial charge in [0.2, 0.25) is 10.0 Å². The molecule has 4 nitrogen and oxygen atoms in total. The van der Waals surface area contributed by atoms with Crippen LogP contribution in [0.25, 0.3) is 0 Å². The van der Waals surface area contributed by atoms with Gasteiger partial charge in [0.1, 0.15) is 0 Å². The smallest absolute Gasteiger partial charge is 0.243 e. The third-order valence-electron chi connectivity index (χ3n) is 3.41. The van der Waals surface area contributed by atoms with E-state index in [1.54, 1.807) is 25.2 Å². The average Bonchev–Trinajstić information content (AvgIpc) is 2.34. The fourth-order valence-electron chi connectivity index (χ4n) is 1.77. The largest absolute Gasteiger partial charge is 0.327 e. The molecular formula is C14H24BrClN2O2S. The van der Waals surface area contributed by atoms with Gasteiger partial charge in [0.15, 0.2) is 0 Å². The molecule has 1 aromatic rings. The standard InChI is InChI=1S/C14H23BrN2O2S.ClH/c1-10(2)13(16)7-8-17(4)20(18,19)14-6-5-11(3)9-12(14)15;/h5-6,9-10,13H,7-8,16H2,1-4H3;1H. The van der Waals surface area contributed by atoms with Gasteiger partial charge in [-0.05, 0) is 52.9 Å². The van der Waals surface area contributed by atoms with Gasteiger partial charge in [-0.1, -0.05) is 19.9 Å². The maximum atomic E-state index is 12.5. The Balaban J connectivity index is 0.00000400. The molecular weight excluding hydrogens is 376 g/mol. The van der Waals surface area contributed by atoms with Crippen LogP contribution in [0.3, 0.4) is 0 Å². The predicted molar refractivity (Wildman–Crippen MR) is 93.4 cm³/mol. The van der Waals surface area contributed by atoms with E-state index in [-0.39, 0.29) is 18.4 Å². The second-order valence-corrected chi connectivity index (χ2v) is 8.32. The van der Waals surface area contributed by atoms with E-state index in [2.05, 4.69) is 15.9 Å². The van der Waals surface area contributed by atoms with E-state index in [0.717, 1.165) is 5.56 Å². The molecule has 21 heavy (non-hydrogen) atoms. The molecule has 0 aromatic heterocycles. The Morgan fingerprint density at radius 3 is 2.38 bits per heavy atom. The molecule has 0 bridgehead atoms. The number of hydrogen-bond acceptors (Lipinski definition) is 3. The van der Waals surface area contributed by atoms with Crippen LogP contribution in [-0.2, 0) is 10.0 Å². The van der Waals surface area contributed by atoms with Gasteiger partial charge in [-0.2, -0.15) is 0 Å². The van der Waals surface area contributed by atoms with Crippen molar-refractivity contribution >= 4 is 38.4 Å². The Bertz CT molecular complexity index is 564. The number of nitrogens with zero attached hydrogens (tertiary/aromatic N) is 1. The molecule has 0 aliphatic rings. The second kappa shape index (κ2) is 8.48. The molecule has 1 aromatic carbocycles. The predicted octanol–water partition coefficient (Wildman–Crippen LogP) is 3.17. The van der Waals surface area contributed by atoms with E-state index < -0.39 is 10.0 Å². The van der Waals surface area contributed by atoms with Crippen LogP contribution in [0.5, 0.6) is 0 Å². The van der Waals surface area contributed by atoms with Gasteiger partial charge in [-0.15, -0.1) is 12.4 Å². The molecule has 1 unspecified atom stereocenters. The molecule has 122 valence electrons. The number of sulfonamides is 1. The number of nitrogens with two attached hydrogens (primary N) is 1. The molecule has 0 radical (unpaired) electrons. The lowest BCUT2D eigenvalue weighted by Gasteiger charge is -2.21. The third-order valence-corrected chi connectivity index (χ3v) is 6.24. The zero-order valence-electron chi connectivity index (χ0n) is 12.8. The van der Waals surface area contributed by atoms with Crippen molar-refractivity contribution in [1.82, 2.24) is 4.31 Å². The summed E-state index contributed by atoms with van der Waals surface area (Å²) in [7, 11) is -1.88. The topological polar surface area (TPSA) is 63.4 Å². The fraction of sp³-hybridized carbons (Fsp3) is 0.571. The van der Waals surface area contributed by atoms with E-state index in [1.165, 1.54) is 4.31 Å². The maximum Gasteiger partial charge on any atom is 0.243 e. The molecule has 0 saturated heterocycles. The first-order chi connectivity index (χ1) is 9.16. The summed E-state index contributed by atoms with van der Waals surface area (Å²) in [5.74, 6) is 0.345. The molecule has 0 aliphatic carbocycles. The Morgan fingerprint density at radius 2 is 1.90 bits per heavy atom. The number of halogens is 2. The summed E-state index contributed by atoms with van der Waals surface area (Å²) in [5.41, 5.74) is 6.98. The maximum absolute atomic E-state index is 12.5. The first kappa shape index (κ1) is 20.9. The minimum Gasteiger partial charge on any atom is -0.327 e. The van der Waals surface area contributed by atoms with Crippen molar-refractivity contribution < 1.29 is 8.42 Å². The molecule has 1 rings (SSSR count). The van der Waals surface area contributed by atoms with Crippen molar-refractivity contribution in [3.63, 3.8) is 0 Å². The van der Waals surface area contributed by atoms with Crippen LogP contribution < -0.4 is 5.73 Å². The van der Waals surface area contributed by atoms with E-state index in [1.807, 2.05) is 20.8 Å². The fourth-order valence-corrected chi connectivity index (χ4v) is 4.10. The van der Waals surface area contributed by atoms with Crippen LogP contribution in [0.15, 0.2) is 27.6 Å². The minimum atomic E-state index is -3.48. The average molecular weight is 400 g/mol. The highest BCUT2D eigenvalue weighted by molar-refractivity contribution is 9.10. The van der Waals surface area contributed by atoms with E-state index in [0.29, 0.717) is 28.3 Å². The molecule has 0 spiro atoms. The van der Waals surface area contributed by atoms with Crippen molar-refractivity contribution in [3.05, 3.63) is 28.2 Å². The van der Waals surface area contributed by atoms with Gasteiger partial charge in [0, 0.05) is 24.1 Å². The second-order valence-electron chi connectivity index (χ2n) is 5.46. The van der Waals surface area contributed by atoms with Crippen LogP contribution in [0.2, 0.25) is 0 Å². The molecule has 0 fully saturated rings. The summed E-state index contributed by atoms with van der Waals surface area (Å²) in [5, 5.41) is 0. The molecule has 0 aliphatic heterocycles. The number of benzene rings is 1. The van der Waals surface area contributed by atoms with Crippen LogP contribution in [0.1, 0.15) is 25.8 Å². The lowest BCUT2D eigenvalue weighted by Crippen LogP contribution is -2.34. The lowest BCUT2D eigenvalue weighted by atomic mass is 10.0. The van der Waals surface area contributed by atoms with Gasteiger partial charge in [-0.25, -0.2) is 12.7 Å². The van der Waals surface area contributed by atoms with E-state index >= 15 is 0 Å². The summed E-state index contributed by atoms with van der Waals surface area (Å²) in [4.78, 5) is 0.295. The van der Waals surface area contributed by atoms with Gasteiger partial charge in [0.05, 0.1) is 4.90 Å². The lowest BCUT2D eigenvalue weighted by molar-refractivity contribution is 0.397. The highest BCUT2D eigenvalue weighted by atomic mass is 79.9. The Kier molecular flexibility index (Phi) is 8.42. The highest BCUT2D eigenvalue weighted by Gasteiger charge is 2.23. The Labute approximate surface area is 142 Å².